The Kier molecular flexibility index (Phi) is 5.54. The van der Waals surface area contributed by atoms with Gasteiger partial charge in [-0.1, -0.05) is 54.1 Å². The standard InChI is InChI=1S/C22H23ClN4/c23-19-8-4-5-9-20(19)25-22-24-13-10-21(26-22)27-14-11-18(12-15-27)16-17-6-2-1-3-7-17/h1-10,13,18H,11-12,14-16H2,(H,24,25,26). The van der Waals surface area contributed by atoms with Gasteiger partial charge in [0.1, 0.15) is 5.82 Å². The maximum atomic E-state index is 6.22. The van der Waals surface area contributed by atoms with Gasteiger partial charge in [-0.2, -0.15) is 4.98 Å². The molecule has 4 nitrogen and oxygen atoms in total. The Labute approximate surface area is 165 Å². The fourth-order valence-electron chi connectivity index (χ4n) is 3.58. The van der Waals surface area contributed by atoms with Crippen LogP contribution in [0.25, 0.3) is 0 Å². The zero-order valence-corrected chi connectivity index (χ0v) is 15.9. The number of halogens is 1. The van der Waals surface area contributed by atoms with Crippen molar-refractivity contribution in [1.29, 1.82) is 0 Å². The lowest BCUT2D eigenvalue weighted by atomic mass is 9.90. The van der Waals surface area contributed by atoms with Crippen molar-refractivity contribution in [3.8, 4) is 0 Å². The smallest absolute Gasteiger partial charge is 0.229 e. The van der Waals surface area contributed by atoms with Crippen molar-refractivity contribution in [1.82, 2.24) is 9.97 Å². The summed E-state index contributed by atoms with van der Waals surface area (Å²) in [5.41, 5.74) is 2.25. The maximum absolute atomic E-state index is 6.22. The topological polar surface area (TPSA) is 41.1 Å². The van der Waals surface area contributed by atoms with E-state index in [0.717, 1.165) is 36.9 Å². The molecule has 1 aromatic heterocycles. The highest BCUT2D eigenvalue weighted by atomic mass is 35.5. The number of para-hydroxylation sites is 1. The Morgan fingerprint density at radius 2 is 1.70 bits per heavy atom. The maximum Gasteiger partial charge on any atom is 0.229 e. The Hall–Kier alpha value is -2.59. The fourth-order valence-corrected chi connectivity index (χ4v) is 3.77. The zero-order chi connectivity index (χ0) is 18.5. The minimum atomic E-state index is 0.576. The summed E-state index contributed by atoms with van der Waals surface area (Å²) in [5, 5.41) is 3.87. The van der Waals surface area contributed by atoms with Crippen LogP contribution in [0.4, 0.5) is 17.5 Å². The number of rotatable bonds is 5. The second-order valence-electron chi connectivity index (χ2n) is 6.96. The zero-order valence-electron chi connectivity index (χ0n) is 15.2. The normalized spacial score (nSPS) is 14.9. The highest BCUT2D eigenvalue weighted by molar-refractivity contribution is 6.33. The Bertz CT molecular complexity index is 876. The SMILES string of the molecule is Clc1ccccc1Nc1nccc(N2CCC(Cc3ccccc3)CC2)n1. The van der Waals surface area contributed by atoms with Gasteiger partial charge in [-0.25, -0.2) is 4.98 Å². The number of nitrogens with one attached hydrogen (secondary N) is 1. The molecule has 2 heterocycles. The van der Waals surface area contributed by atoms with E-state index in [2.05, 4.69) is 50.5 Å². The summed E-state index contributed by atoms with van der Waals surface area (Å²) < 4.78 is 0. The van der Waals surface area contributed by atoms with E-state index >= 15 is 0 Å². The third-order valence-corrected chi connectivity index (χ3v) is 5.40. The van der Waals surface area contributed by atoms with Gasteiger partial charge in [0.25, 0.3) is 0 Å². The molecule has 138 valence electrons. The minimum absolute atomic E-state index is 0.576. The molecule has 1 aliphatic heterocycles. The molecule has 0 atom stereocenters. The van der Waals surface area contributed by atoms with E-state index in [9.17, 15) is 0 Å². The summed E-state index contributed by atoms with van der Waals surface area (Å²) in [6, 6.07) is 20.4. The first-order valence-electron chi connectivity index (χ1n) is 9.41. The predicted molar refractivity (Wildman–Crippen MR) is 112 cm³/mol. The van der Waals surface area contributed by atoms with Gasteiger partial charge in [-0.3, -0.25) is 0 Å². The molecule has 0 saturated carbocycles. The summed E-state index contributed by atoms with van der Waals surface area (Å²) in [7, 11) is 0. The van der Waals surface area contributed by atoms with Crippen LogP contribution in [0.5, 0.6) is 0 Å². The molecule has 0 spiro atoms. The number of piperidine rings is 1. The number of hydrogen-bond acceptors (Lipinski definition) is 4. The van der Waals surface area contributed by atoms with E-state index in [1.54, 1.807) is 6.20 Å². The van der Waals surface area contributed by atoms with Gasteiger partial charge in [0, 0.05) is 19.3 Å². The van der Waals surface area contributed by atoms with Gasteiger partial charge >= 0.3 is 0 Å². The highest BCUT2D eigenvalue weighted by Gasteiger charge is 2.20. The predicted octanol–water partition coefficient (Wildman–Crippen LogP) is 5.33. The Morgan fingerprint density at radius 1 is 0.963 bits per heavy atom. The van der Waals surface area contributed by atoms with Crippen LogP contribution < -0.4 is 10.2 Å². The van der Waals surface area contributed by atoms with E-state index in [0.29, 0.717) is 11.0 Å². The Balaban J connectivity index is 1.38. The number of hydrogen-bond donors (Lipinski definition) is 1. The van der Waals surface area contributed by atoms with Gasteiger partial charge in [0.05, 0.1) is 10.7 Å². The third kappa shape index (κ3) is 4.58. The van der Waals surface area contributed by atoms with E-state index in [-0.39, 0.29) is 0 Å². The number of benzene rings is 2. The number of aromatic nitrogens is 2. The second kappa shape index (κ2) is 8.40. The van der Waals surface area contributed by atoms with Crippen LogP contribution >= 0.6 is 11.6 Å². The van der Waals surface area contributed by atoms with Crippen LogP contribution in [0.1, 0.15) is 18.4 Å². The fraction of sp³-hybridized carbons (Fsp3) is 0.273. The summed E-state index contributed by atoms with van der Waals surface area (Å²) in [4.78, 5) is 11.4. The molecule has 1 saturated heterocycles. The molecule has 1 N–H and O–H groups in total. The summed E-state index contributed by atoms with van der Waals surface area (Å²) in [6.07, 6.45) is 5.34. The average molecular weight is 379 g/mol. The van der Waals surface area contributed by atoms with Crippen LogP contribution in [0.2, 0.25) is 5.02 Å². The van der Waals surface area contributed by atoms with E-state index in [1.807, 2.05) is 30.3 Å². The molecule has 2 aromatic carbocycles. The molecule has 0 radical (unpaired) electrons. The average Bonchev–Trinajstić information content (AvgIpc) is 2.71. The van der Waals surface area contributed by atoms with Gasteiger partial charge in [0.2, 0.25) is 5.95 Å². The molecule has 27 heavy (non-hydrogen) atoms. The van der Waals surface area contributed by atoms with E-state index < -0.39 is 0 Å². The molecule has 1 aliphatic rings. The second-order valence-corrected chi connectivity index (χ2v) is 7.37. The summed E-state index contributed by atoms with van der Waals surface area (Å²) in [5.74, 6) is 2.29. The molecule has 0 amide bonds. The van der Waals surface area contributed by atoms with Crippen LogP contribution in [0.15, 0.2) is 66.9 Å². The largest absolute Gasteiger partial charge is 0.356 e. The van der Waals surface area contributed by atoms with Crippen molar-refractivity contribution in [2.45, 2.75) is 19.3 Å². The van der Waals surface area contributed by atoms with Crippen molar-refractivity contribution in [3.05, 3.63) is 77.4 Å². The van der Waals surface area contributed by atoms with Crippen molar-refractivity contribution in [3.63, 3.8) is 0 Å². The van der Waals surface area contributed by atoms with Gasteiger partial charge in [-0.05, 0) is 48.9 Å². The van der Waals surface area contributed by atoms with Crippen molar-refractivity contribution in [2.24, 2.45) is 5.92 Å². The lowest BCUT2D eigenvalue weighted by molar-refractivity contribution is 0.402. The highest BCUT2D eigenvalue weighted by Crippen LogP contribution is 2.27. The lowest BCUT2D eigenvalue weighted by Crippen LogP contribution is -2.35. The molecule has 4 rings (SSSR count). The molecule has 0 aliphatic carbocycles. The number of anilines is 3. The van der Waals surface area contributed by atoms with Crippen LogP contribution in [0.3, 0.4) is 0 Å². The van der Waals surface area contributed by atoms with E-state index in [4.69, 9.17) is 11.6 Å². The van der Waals surface area contributed by atoms with Crippen LogP contribution in [0, 0.1) is 5.92 Å². The molecule has 1 fully saturated rings. The first-order chi connectivity index (χ1) is 13.3. The molecule has 3 aromatic rings. The van der Waals surface area contributed by atoms with Crippen molar-refractivity contribution >= 4 is 29.1 Å². The van der Waals surface area contributed by atoms with Gasteiger partial charge in [-0.15, -0.1) is 0 Å². The first-order valence-corrected chi connectivity index (χ1v) is 9.79. The quantitative estimate of drug-likeness (QED) is 0.651. The summed E-state index contributed by atoms with van der Waals surface area (Å²) in [6.45, 7) is 2.06. The van der Waals surface area contributed by atoms with Crippen LogP contribution in [-0.4, -0.2) is 23.1 Å². The molecule has 0 bridgehead atoms. The van der Waals surface area contributed by atoms with Crippen molar-refractivity contribution in [2.75, 3.05) is 23.3 Å². The lowest BCUT2D eigenvalue weighted by Gasteiger charge is -2.33. The minimum Gasteiger partial charge on any atom is -0.356 e. The molecular weight excluding hydrogens is 356 g/mol. The summed E-state index contributed by atoms with van der Waals surface area (Å²) >= 11 is 6.22. The molecule has 0 unspecified atom stereocenters. The van der Waals surface area contributed by atoms with E-state index in [1.165, 1.54) is 18.4 Å². The third-order valence-electron chi connectivity index (χ3n) is 5.07. The van der Waals surface area contributed by atoms with Crippen LogP contribution in [-0.2, 0) is 6.42 Å². The van der Waals surface area contributed by atoms with Gasteiger partial charge < -0.3 is 10.2 Å². The Morgan fingerprint density at radius 3 is 2.48 bits per heavy atom. The monoisotopic (exact) mass is 378 g/mol. The molecule has 5 heteroatoms. The first kappa shape index (κ1) is 17.8. The number of nitrogens with zero attached hydrogens (tertiary/aromatic N) is 3. The van der Waals surface area contributed by atoms with Gasteiger partial charge in [0.15, 0.2) is 0 Å². The van der Waals surface area contributed by atoms with Crippen molar-refractivity contribution < 1.29 is 0 Å². The molecular formula is C22H23ClN4.